The third-order valence-corrected chi connectivity index (χ3v) is 8.97. The summed E-state index contributed by atoms with van der Waals surface area (Å²) in [4.78, 5) is 29.1. The van der Waals surface area contributed by atoms with Gasteiger partial charge >= 0.3 is 24.3 Å². The van der Waals surface area contributed by atoms with Crippen LogP contribution in [0, 0.1) is 5.92 Å². The van der Waals surface area contributed by atoms with Gasteiger partial charge in [-0.05, 0) is 74.9 Å². The van der Waals surface area contributed by atoms with E-state index in [9.17, 15) is 35.9 Å². The van der Waals surface area contributed by atoms with Crippen molar-refractivity contribution >= 4 is 11.9 Å². The van der Waals surface area contributed by atoms with E-state index in [0.29, 0.717) is 30.7 Å². The molecule has 0 saturated carbocycles. The topological polar surface area (TPSA) is 65.1 Å². The number of halogens is 6. The molecule has 258 valence electrons. The van der Waals surface area contributed by atoms with Gasteiger partial charge in [0.1, 0.15) is 5.60 Å². The van der Waals surface area contributed by atoms with E-state index < -0.39 is 70.2 Å². The number of fused-ring (bicyclic) bond motifs is 2. The van der Waals surface area contributed by atoms with Crippen LogP contribution in [0.4, 0.5) is 26.3 Å². The summed E-state index contributed by atoms with van der Waals surface area (Å²) in [6.07, 6.45) is -12.4. The number of piperidine rings is 1. The van der Waals surface area contributed by atoms with Crippen LogP contribution in [0.1, 0.15) is 74.0 Å². The first kappa shape index (κ1) is 35.4. The molecule has 5 unspecified atom stereocenters. The number of alkyl halides is 6. The summed E-state index contributed by atoms with van der Waals surface area (Å²) in [6, 6.07) is 19.1. The van der Waals surface area contributed by atoms with Crippen LogP contribution < -0.4 is 0 Å². The number of hydrogen-bond donors (Lipinski definition) is 0. The number of ether oxygens (including phenoxy) is 3. The Morgan fingerprint density at radius 1 is 0.854 bits per heavy atom. The molecule has 2 heterocycles. The predicted octanol–water partition coefficient (Wildman–Crippen LogP) is 8.25. The Kier molecular flexibility index (Phi) is 9.73. The van der Waals surface area contributed by atoms with E-state index in [1.807, 2.05) is 42.5 Å². The Labute approximate surface area is 275 Å². The molecule has 48 heavy (non-hydrogen) atoms. The Morgan fingerprint density at radius 2 is 1.42 bits per heavy atom. The Balaban J connectivity index is 1.67. The molecule has 0 radical (unpaired) electrons. The van der Waals surface area contributed by atoms with Gasteiger partial charge < -0.3 is 14.2 Å². The Bertz CT molecular complexity index is 1570. The molecule has 6 nitrogen and oxygen atoms in total. The van der Waals surface area contributed by atoms with Crippen molar-refractivity contribution in [3.8, 4) is 0 Å². The monoisotopic (exact) mass is 677 g/mol. The normalized spacial score (nSPS) is 23.8. The molecule has 2 saturated heterocycles. The van der Waals surface area contributed by atoms with Crippen molar-refractivity contribution in [2.45, 2.75) is 88.3 Å². The van der Waals surface area contributed by atoms with E-state index in [1.165, 1.54) is 0 Å². The van der Waals surface area contributed by atoms with Crippen molar-refractivity contribution in [1.29, 1.82) is 0 Å². The minimum Gasteiger partial charge on any atom is -0.467 e. The Hall–Kier alpha value is -3.90. The number of benzene rings is 3. The highest BCUT2D eigenvalue weighted by Crippen LogP contribution is 2.56. The van der Waals surface area contributed by atoms with Crippen molar-refractivity contribution in [3.63, 3.8) is 0 Å². The second-order valence-electron chi connectivity index (χ2n) is 13.3. The molecule has 3 aromatic rings. The van der Waals surface area contributed by atoms with Crippen LogP contribution in [0.5, 0.6) is 0 Å². The van der Waals surface area contributed by atoms with E-state index in [0.717, 1.165) is 12.7 Å². The molecule has 2 fully saturated rings. The quantitative estimate of drug-likeness (QED) is 0.177. The fourth-order valence-electron chi connectivity index (χ4n) is 7.04. The first-order chi connectivity index (χ1) is 22.4. The molecule has 2 bridgehead atoms. The molecule has 0 amide bonds. The van der Waals surface area contributed by atoms with Crippen LogP contribution in [0.15, 0.2) is 78.9 Å². The zero-order valence-electron chi connectivity index (χ0n) is 26.9. The molecule has 2 aliphatic rings. The summed E-state index contributed by atoms with van der Waals surface area (Å²) >= 11 is 0. The minimum atomic E-state index is -5.14. The van der Waals surface area contributed by atoms with Gasteiger partial charge in [-0.25, -0.2) is 4.79 Å². The SMILES string of the molecule is COC(=O)C(OC1CCC2C(C(=O)OC(C)(C)C)CC1(c1ccccc1)N2Cc1ccccc1)c1cc(C(F)(F)F)cc(C(F)(F)F)c1. The van der Waals surface area contributed by atoms with Gasteiger partial charge in [-0.2, -0.15) is 26.3 Å². The highest BCUT2D eigenvalue weighted by atomic mass is 19.4. The fourth-order valence-corrected chi connectivity index (χ4v) is 7.04. The lowest BCUT2D eigenvalue weighted by Gasteiger charge is -2.50. The standard InChI is InChI=1S/C36H37F6NO5/c1-33(2,3)48-31(44)27-20-34(24-13-9-6-10-14-24)29(16-15-28(27)43(34)21-22-11-7-5-8-12-22)47-30(32(45)46-4)23-17-25(35(37,38)39)19-26(18-23)36(40,41)42/h5-14,17-19,27-30H,15-16,20-21H2,1-4H3. The molecule has 2 aliphatic heterocycles. The number of hydrogen-bond acceptors (Lipinski definition) is 6. The highest BCUT2D eigenvalue weighted by molar-refractivity contribution is 5.77. The van der Waals surface area contributed by atoms with Crippen LogP contribution >= 0.6 is 0 Å². The molecular formula is C36H37F6NO5. The second-order valence-corrected chi connectivity index (χ2v) is 13.3. The zero-order valence-corrected chi connectivity index (χ0v) is 26.9. The van der Waals surface area contributed by atoms with E-state index in [-0.39, 0.29) is 24.9 Å². The number of carbonyl (C=O) groups excluding carboxylic acids is 2. The van der Waals surface area contributed by atoms with Crippen LogP contribution in [0.2, 0.25) is 0 Å². The number of nitrogens with zero attached hydrogens (tertiary/aromatic N) is 1. The van der Waals surface area contributed by atoms with Crippen LogP contribution in [0.25, 0.3) is 0 Å². The van der Waals surface area contributed by atoms with Crippen molar-refractivity contribution in [1.82, 2.24) is 4.90 Å². The number of rotatable bonds is 8. The predicted molar refractivity (Wildman–Crippen MR) is 163 cm³/mol. The lowest BCUT2D eigenvalue weighted by atomic mass is 9.78. The van der Waals surface area contributed by atoms with Gasteiger partial charge in [-0.1, -0.05) is 60.7 Å². The summed E-state index contributed by atoms with van der Waals surface area (Å²) in [6.45, 7) is 5.62. The number of carbonyl (C=O) groups is 2. The fraction of sp³-hybridized carbons (Fsp3) is 0.444. The second kappa shape index (κ2) is 13.2. The molecule has 5 rings (SSSR count). The smallest absolute Gasteiger partial charge is 0.416 e. The van der Waals surface area contributed by atoms with Crippen molar-refractivity contribution in [2.75, 3.05) is 7.11 Å². The minimum absolute atomic E-state index is 0.00149. The molecular weight excluding hydrogens is 640 g/mol. The summed E-state index contributed by atoms with van der Waals surface area (Å²) in [5.74, 6) is -2.24. The molecule has 3 aromatic carbocycles. The average molecular weight is 678 g/mol. The lowest BCUT2D eigenvalue weighted by Crippen LogP contribution is -2.57. The molecule has 5 atom stereocenters. The summed E-state index contributed by atoms with van der Waals surface area (Å²) in [5.41, 5.74) is -4.11. The van der Waals surface area contributed by atoms with Crippen molar-refractivity contribution in [3.05, 3.63) is 107 Å². The maximum absolute atomic E-state index is 13.9. The van der Waals surface area contributed by atoms with Crippen LogP contribution in [0.3, 0.4) is 0 Å². The van der Waals surface area contributed by atoms with Crippen molar-refractivity contribution in [2.24, 2.45) is 5.92 Å². The van der Waals surface area contributed by atoms with Gasteiger partial charge in [-0.3, -0.25) is 9.69 Å². The maximum Gasteiger partial charge on any atom is 0.416 e. The maximum atomic E-state index is 13.9. The van der Waals surface area contributed by atoms with Crippen molar-refractivity contribution < 1.29 is 50.1 Å². The molecule has 0 aliphatic carbocycles. The molecule has 12 heteroatoms. The molecule has 0 N–H and O–H groups in total. The number of methoxy groups -OCH3 is 1. The molecule has 0 aromatic heterocycles. The first-order valence-electron chi connectivity index (χ1n) is 15.6. The van der Waals surface area contributed by atoms with Crippen LogP contribution in [-0.2, 0) is 48.2 Å². The number of esters is 2. The van der Waals surface area contributed by atoms with Gasteiger partial charge in [-0.15, -0.1) is 0 Å². The lowest BCUT2D eigenvalue weighted by molar-refractivity contribution is -0.174. The zero-order chi connectivity index (χ0) is 35.1. The van der Waals surface area contributed by atoms with Gasteiger partial charge in [0.15, 0.2) is 6.10 Å². The average Bonchev–Trinajstić information content (AvgIpc) is 3.23. The van der Waals surface area contributed by atoms with Gasteiger partial charge in [0.05, 0.1) is 35.8 Å². The largest absolute Gasteiger partial charge is 0.467 e. The summed E-state index contributed by atoms with van der Waals surface area (Å²) in [5, 5.41) is 0. The van der Waals surface area contributed by atoms with Crippen LogP contribution in [-0.4, -0.2) is 41.7 Å². The van der Waals surface area contributed by atoms with E-state index in [2.05, 4.69) is 4.90 Å². The van der Waals surface area contributed by atoms with Gasteiger partial charge in [0.25, 0.3) is 0 Å². The third-order valence-electron chi connectivity index (χ3n) is 8.97. The summed E-state index contributed by atoms with van der Waals surface area (Å²) < 4.78 is 100. The van der Waals surface area contributed by atoms with E-state index in [1.54, 1.807) is 39.0 Å². The van der Waals surface area contributed by atoms with Gasteiger partial charge in [0.2, 0.25) is 0 Å². The third kappa shape index (κ3) is 7.24. The Morgan fingerprint density at radius 3 is 1.94 bits per heavy atom. The first-order valence-corrected chi connectivity index (χ1v) is 15.6. The van der Waals surface area contributed by atoms with Gasteiger partial charge in [0, 0.05) is 12.6 Å². The van der Waals surface area contributed by atoms with E-state index >= 15 is 0 Å². The highest BCUT2D eigenvalue weighted by Gasteiger charge is 2.62. The van der Waals surface area contributed by atoms with E-state index in [4.69, 9.17) is 14.2 Å². The molecule has 0 spiro atoms. The summed E-state index contributed by atoms with van der Waals surface area (Å²) in [7, 11) is 0.983.